The van der Waals surface area contributed by atoms with E-state index in [1.807, 2.05) is 34.6 Å². The zero-order valence-corrected chi connectivity index (χ0v) is 11.9. The highest BCUT2D eigenvalue weighted by molar-refractivity contribution is 4.55. The van der Waals surface area contributed by atoms with Gasteiger partial charge in [0.05, 0.1) is 13.2 Å². The van der Waals surface area contributed by atoms with E-state index in [-0.39, 0.29) is 6.29 Å². The molecule has 0 radical (unpaired) electrons. The van der Waals surface area contributed by atoms with Crippen LogP contribution in [0.3, 0.4) is 0 Å². The molecule has 0 aliphatic carbocycles. The van der Waals surface area contributed by atoms with Crippen LogP contribution < -0.4 is 0 Å². The van der Waals surface area contributed by atoms with E-state index in [4.69, 9.17) is 14.2 Å². The maximum Gasteiger partial charge on any atom is 0.155 e. The molecule has 2 fully saturated rings. The smallest absolute Gasteiger partial charge is 0.155 e. The van der Waals surface area contributed by atoms with E-state index in [0.29, 0.717) is 0 Å². The minimum Gasteiger partial charge on any atom is -0.381 e. The van der Waals surface area contributed by atoms with Gasteiger partial charge in [-0.1, -0.05) is 34.6 Å². The van der Waals surface area contributed by atoms with Gasteiger partial charge in [0.15, 0.2) is 6.29 Å². The minimum atomic E-state index is 0.0463. The zero-order valence-electron chi connectivity index (χ0n) is 11.9. The second kappa shape index (κ2) is 14.9. The van der Waals surface area contributed by atoms with Gasteiger partial charge < -0.3 is 14.2 Å². The highest BCUT2D eigenvalue weighted by Crippen LogP contribution is 2.09. The van der Waals surface area contributed by atoms with E-state index < -0.39 is 0 Å². The molecule has 1 unspecified atom stereocenters. The van der Waals surface area contributed by atoms with Crippen LogP contribution in [0.25, 0.3) is 0 Å². The molecule has 0 aromatic rings. The van der Waals surface area contributed by atoms with Crippen LogP contribution in [0, 0.1) is 5.92 Å². The maximum atomic E-state index is 5.06. The average molecular weight is 234 g/mol. The van der Waals surface area contributed by atoms with Crippen molar-refractivity contribution in [3.8, 4) is 0 Å². The second-order valence-electron chi connectivity index (χ2n) is 3.28. The third kappa shape index (κ3) is 12.0. The van der Waals surface area contributed by atoms with Crippen molar-refractivity contribution in [3.05, 3.63) is 0 Å². The molecule has 0 saturated carbocycles. The summed E-state index contributed by atoms with van der Waals surface area (Å²) >= 11 is 0. The highest BCUT2D eigenvalue weighted by Gasteiger charge is 2.07. The van der Waals surface area contributed by atoms with E-state index in [1.54, 1.807) is 0 Å². The van der Waals surface area contributed by atoms with Gasteiger partial charge in [0.1, 0.15) is 0 Å². The van der Waals surface area contributed by atoms with Gasteiger partial charge in [0.2, 0.25) is 0 Å². The highest BCUT2D eigenvalue weighted by atomic mass is 16.7. The molecule has 3 heteroatoms. The first-order valence-corrected chi connectivity index (χ1v) is 6.60. The normalized spacial score (nSPS) is 23.2. The Labute approximate surface area is 101 Å². The molecule has 0 aromatic heterocycles. The van der Waals surface area contributed by atoms with Gasteiger partial charge in [-0.25, -0.2) is 0 Å². The molecule has 0 N–H and O–H groups in total. The zero-order chi connectivity index (χ0) is 12.8. The number of hydrogen-bond donors (Lipinski definition) is 0. The Morgan fingerprint density at radius 3 is 1.44 bits per heavy atom. The standard InChI is InChI=1S/C5H10O.C4H8O2.2C2H6/c1-5-2-3-6-4-5;1-4-5-2-3-6-4;2*1-2/h5H,2-4H2,1H3;4H,2-3H2,1H3;2*1-2H3. The summed E-state index contributed by atoms with van der Waals surface area (Å²) < 4.78 is 14.9. The van der Waals surface area contributed by atoms with Crippen LogP contribution in [0.4, 0.5) is 0 Å². The molecule has 0 amide bonds. The Hall–Kier alpha value is -0.120. The van der Waals surface area contributed by atoms with Gasteiger partial charge in [-0.05, 0) is 19.3 Å². The summed E-state index contributed by atoms with van der Waals surface area (Å²) in [6, 6.07) is 0. The topological polar surface area (TPSA) is 27.7 Å². The van der Waals surface area contributed by atoms with Crippen molar-refractivity contribution in [2.45, 2.75) is 54.3 Å². The number of hydrogen-bond acceptors (Lipinski definition) is 3. The molecular weight excluding hydrogens is 204 g/mol. The fraction of sp³-hybridized carbons (Fsp3) is 1.00. The van der Waals surface area contributed by atoms with Gasteiger partial charge >= 0.3 is 0 Å². The van der Waals surface area contributed by atoms with E-state index in [0.717, 1.165) is 32.3 Å². The fourth-order valence-electron chi connectivity index (χ4n) is 1.13. The number of ether oxygens (including phenoxy) is 3. The van der Waals surface area contributed by atoms with E-state index in [9.17, 15) is 0 Å². The number of rotatable bonds is 0. The Morgan fingerprint density at radius 2 is 1.31 bits per heavy atom. The fourth-order valence-corrected chi connectivity index (χ4v) is 1.13. The van der Waals surface area contributed by atoms with Crippen LogP contribution in [-0.4, -0.2) is 32.7 Å². The van der Waals surface area contributed by atoms with E-state index >= 15 is 0 Å². The maximum absolute atomic E-state index is 5.06. The van der Waals surface area contributed by atoms with Crippen molar-refractivity contribution in [3.63, 3.8) is 0 Å². The molecule has 16 heavy (non-hydrogen) atoms. The summed E-state index contributed by atoms with van der Waals surface area (Å²) in [5.74, 6) is 0.824. The quantitative estimate of drug-likeness (QED) is 0.642. The lowest BCUT2D eigenvalue weighted by atomic mass is 10.2. The minimum absolute atomic E-state index is 0.0463. The molecule has 0 spiro atoms. The molecule has 2 aliphatic rings. The van der Waals surface area contributed by atoms with E-state index in [2.05, 4.69) is 6.92 Å². The summed E-state index contributed by atoms with van der Waals surface area (Å²) in [6.45, 7) is 15.6. The predicted molar refractivity (Wildman–Crippen MR) is 68.7 cm³/mol. The Bertz CT molecular complexity index is 91.7. The van der Waals surface area contributed by atoms with Crippen molar-refractivity contribution >= 4 is 0 Å². The lowest BCUT2D eigenvalue weighted by molar-refractivity contribution is -0.0254. The predicted octanol–water partition coefficient (Wildman–Crippen LogP) is 3.47. The molecule has 100 valence electrons. The third-order valence-corrected chi connectivity index (χ3v) is 1.95. The lowest BCUT2D eigenvalue weighted by Gasteiger charge is -1.94. The van der Waals surface area contributed by atoms with Crippen molar-refractivity contribution in [1.82, 2.24) is 0 Å². The molecule has 2 saturated heterocycles. The first-order chi connectivity index (χ1) is 7.79. The van der Waals surface area contributed by atoms with Gasteiger partial charge in [-0.2, -0.15) is 0 Å². The summed E-state index contributed by atoms with van der Waals surface area (Å²) in [6.07, 6.45) is 1.31. The average Bonchev–Trinajstić information content (AvgIpc) is 2.98. The van der Waals surface area contributed by atoms with Crippen LogP contribution in [0.1, 0.15) is 48.0 Å². The first-order valence-electron chi connectivity index (χ1n) is 6.60. The molecule has 3 nitrogen and oxygen atoms in total. The van der Waals surface area contributed by atoms with Gasteiger partial charge in [0.25, 0.3) is 0 Å². The van der Waals surface area contributed by atoms with Crippen LogP contribution in [0.2, 0.25) is 0 Å². The molecule has 0 aromatic carbocycles. The summed E-state index contributed by atoms with van der Waals surface area (Å²) in [5.41, 5.74) is 0. The van der Waals surface area contributed by atoms with Crippen LogP contribution in [0.5, 0.6) is 0 Å². The van der Waals surface area contributed by atoms with Crippen molar-refractivity contribution in [2.24, 2.45) is 5.92 Å². The van der Waals surface area contributed by atoms with Gasteiger partial charge in [0, 0.05) is 13.2 Å². The third-order valence-electron chi connectivity index (χ3n) is 1.95. The summed E-state index contributed by atoms with van der Waals surface area (Å²) in [5, 5.41) is 0. The summed E-state index contributed by atoms with van der Waals surface area (Å²) in [4.78, 5) is 0. The Morgan fingerprint density at radius 1 is 0.812 bits per heavy atom. The second-order valence-corrected chi connectivity index (χ2v) is 3.28. The van der Waals surface area contributed by atoms with Crippen LogP contribution in [-0.2, 0) is 14.2 Å². The molecule has 2 heterocycles. The van der Waals surface area contributed by atoms with E-state index in [1.165, 1.54) is 6.42 Å². The lowest BCUT2D eigenvalue weighted by Crippen LogP contribution is -1.97. The van der Waals surface area contributed by atoms with Crippen molar-refractivity contribution in [1.29, 1.82) is 0 Å². The van der Waals surface area contributed by atoms with Crippen molar-refractivity contribution < 1.29 is 14.2 Å². The SMILES string of the molecule is CC.CC.CC1CCOC1.CC1OCCO1. The molecule has 2 aliphatic heterocycles. The molecular formula is C13H30O3. The summed E-state index contributed by atoms with van der Waals surface area (Å²) in [7, 11) is 0. The molecule has 2 rings (SSSR count). The van der Waals surface area contributed by atoms with Crippen LogP contribution >= 0.6 is 0 Å². The Balaban J connectivity index is 0. The van der Waals surface area contributed by atoms with Crippen molar-refractivity contribution in [2.75, 3.05) is 26.4 Å². The molecule has 1 atom stereocenters. The van der Waals surface area contributed by atoms with Gasteiger partial charge in [-0.3, -0.25) is 0 Å². The van der Waals surface area contributed by atoms with Crippen LogP contribution in [0.15, 0.2) is 0 Å². The molecule has 0 bridgehead atoms. The monoisotopic (exact) mass is 234 g/mol. The largest absolute Gasteiger partial charge is 0.381 e. The first kappa shape index (κ1) is 18.3. The Kier molecular flexibility index (Phi) is 17.0. The van der Waals surface area contributed by atoms with Gasteiger partial charge in [-0.15, -0.1) is 0 Å².